The van der Waals surface area contributed by atoms with Gasteiger partial charge in [0.05, 0.1) is 30.9 Å². The molecule has 0 bridgehead atoms. The van der Waals surface area contributed by atoms with Crippen molar-refractivity contribution in [1.82, 2.24) is 10.2 Å². The van der Waals surface area contributed by atoms with Crippen LogP contribution >= 0.6 is 0 Å². The average molecular weight is 668 g/mol. The van der Waals surface area contributed by atoms with E-state index < -0.39 is 30.2 Å². The van der Waals surface area contributed by atoms with Crippen LogP contribution in [0.1, 0.15) is 73.7 Å². The first kappa shape index (κ1) is 34.5. The van der Waals surface area contributed by atoms with E-state index in [2.05, 4.69) is 23.7 Å². The minimum absolute atomic E-state index is 0.0306. The third-order valence-corrected chi connectivity index (χ3v) is 9.82. The summed E-state index contributed by atoms with van der Waals surface area (Å²) < 4.78 is 18.6. The highest BCUT2D eigenvalue weighted by Crippen LogP contribution is 2.42. The predicted octanol–water partition coefficient (Wildman–Crippen LogP) is 5.96. The van der Waals surface area contributed by atoms with Crippen molar-refractivity contribution in [1.29, 1.82) is 0 Å². The Morgan fingerprint density at radius 1 is 0.980 bits per heavy atom. The highest BCUT2D eigenvalue weighted by atomic mass is 16.7. The number of hydrogen-bond acceptors (Lipinski definition) is 8. The van der Waals surface area contributed by atoms with E-state index in [1.807, 2.05) is 72.8 Å². The smallest absolute Gasteiger partial charge is 0.408 e. The van der Waals surface area contributed by atoms with Crippen molar-refractivity contribution in [2.75, 3.05) is 18.0 Å². The normalized spacial score (nSPS) is 24.4. The SMILES string of the molecule is C=CCN(C[C@H]1O[C@@H](c2ccc(N3C(=O)CC(NC(=O)OCc4ccccc4)C3=O)cc2)O[C@@H](c2ccc(CO)cc2)[C@H]1C)C1CCCC1. The van der Waals surface area contributed by atoms with Crippen LogP contribution in [0.15, 0.2) is 91.5 Å². The van der Waals surface area contributed by atoms with Crippen LogP contribution < -0.4 is 10.2 Å². The number of imide groups is 1. The molecule has 1 unspecified atom stereocenters. The summed E-state index contributed by atoms with van der Waals surface area (Å²) in [7, 11) is 0. The van der Waals surface area contributed by atoms with Crippen molar-refractivity contribution in [3.8, 4) is 0 Å². The number of alkyl carbamates (subject to hydrolysis) is 1. The fraction of sp³-hybridized carbons (Fsp3) is 0.410. The maximum Gasteiger partial charge on any atom is 0.408 e. The third kappa shape index (κ3) is 8.11. The maximum absolute atomic E-state index is 13.3. The Balaban J connectivity index is 1.16. The molecule has 3 aromatic carbocycles. The first-order valence-corrected chi connectivity index (χ1v) is 17.1. The topological polar surface area (TPSA) is 118 Å². The minimum Gasteiger partial charge on any atom is -0.445 e. The van der Waals surface area contributed by atoms with Crippen molar-refractivity contribution in [2.24, 2.45) is 5.92 Å². The van der Waals surface area contributed by atoms with E-state index in [9.17, 15) is 19.5 Å². The number of anilines is 1. The first-order chi connectivity index (χ1) is 23.8. The summed E-state index contributed by atoms with van der Waals surface area (Å²) in [5.41, 5.74) is 3.81. The zero-order valence-corrected chi connectivity index (χ0v) is 27.9. The van der Waals surface area contributed by atoms with Crippen molar-refractivity contribution in [3.05, 3.63) is 114 Å². The molecule has 2 heterocycles. The predicted molar refractivity (Wildman–Crippen MR) is 184 cm³/mol. The quantitative estimate of drug-likeness (QED) is 0.180. The lowest BCUT2D eigenvalue weighted by Gasteiger charge is -2.43. The van der Waals surface area contributed by atoms with Crippen LogP contribution in [0.5, 0.6) is 0 Å². The Morgan fingerprint density at radius 3 is 2.35 bits per heavy atom. The molecule has 3 fully saturated rings. The summed E-state index contributed by atoms with van der Waals surface area (Å²) in [6.45, 7) is 7.71. The van der Waals surface area contributed by atoms with E-state index in [0.717, 1.165) is 40.2 Å². The van der Waals surface area contributed by atoms with Crippen LogP contribution in [0.2, 0.25) is 0 Å². The van der Waals surface area contributed by atoms with E-state index in [1.54, 1.807) is 12.1 Å². The average Bonchev–Trinajstić information content (AvgIpc) is 3.76. The first-order valence-electron chi connectivity index (χ1n) is 17.1. The Labute approximate surface area is 287 Å². The number of benzene rings is 3. The molecule has 1 saturated carbocycles. The second-order valence-electron chi connectivity index (χ2n) is 13.1. The number of nitrogens with one attached hydrogen (secondary N) is 1. The zero-order valence-electron chi connectivity index (χ0n) is 27.9. The van der Waals surface area contributed by atoms with Crippen LogP contribution in [0.4, 0.5) is 10.5 Å². The van der Waals surface area contributed by atoms with E-state index in [0.29, 0.717) is 11.7 Å². The molecule has 10 heteroatoms. The number of aliphatic hydroxyl groups excluding tert-OH is 1. The Morgan fingerprint density at radius 2 is 1.67 bits per heavy atom. The second kappa shape index (κ2) is 15.9. The van der Waals surface area contributed by atoms with E-state index in [4.69, 9.17) is 14.2 Å². The molecular formula is C39H45N3O7. The van der Waals surface area contributed by atoms with Gasteiger partial charge in [-0.2, -0.15) is 0 Å². The summed E-state index contributed by atoms with van der Waals surface area (Å²) in [6.07, 6.45) is 4.74. The van der Waals surface area contributed by atoms with Crippen LogP contribution in [-0.4, -0.2) is 59.2 Å². The number of ether oxygens (including phenoxy) is 3. The Hall–Kier alpha value is -4.35. The fourth-order valence-corrected chi connectivity index (χ4v) is 7.07. The molecule has 1 aliphatic carbocycles. The lowest BCUT2D eigenvalue weighted by Crippen LogP contribution is -2.47. The third-order valence-electron chi connectivity index (χ3n) is 9.82. The largest absolute Gasteiger partial charge is 0.445 e. The molecule has 3 aromatic rings. The molecule has 0 radical (unpaired) electrons. The van der Waals surface area contributed by atoms with Crippen molar-refractivity contribution >= 4 is 23.6 Å². The Kier molecular flexibility index (Phi) is 11.2. The molecule has 3 amide bonds. The fourth-order valence-electron chi connectivity index (χ4n) is 7.07. The summed E-state index contributed by atoms with van der Waals surface area (Å²) in [5, 5.41) is 12.1. The summed E-state index contributed by atoms with van der Waals surface area (Å²) in [6, 6.07) is 23.6. The van der Waals surface area contributed by atoms with Gasteiger partial charge in [0.2, 0.25) is 5.91 Å². The van der Waals surface area contributed by atoms with Gasteiger partial charge in [-0.1, -0.05) is 92.6 Å². The molecule has 10 nitrogen and oxygen atoms in total. The second-order valence-corrected chi connectivity index (χ2v) is 13.1. The van der Waals surface area contributed by atoms with Crippen molar-refractivity contribution in [2.45, 2.75) is 82.8 Å². The van der Waals surface area contributed by atoms with E-state index in [-0.39, 0.29) is 37.8 Å². The molecule has 2 saturated heterocycles. The molecule has 258 valence electrons. The molecule has 0 aromatic heterocycles. The highest BCUT2D eigenvalue weighted by molar-refractivity contribution is 6.22. The zero-order chi connectivity index (χ0) is 34.3. The van der Waals surface area contributed by atoms with Gasteiger partial charge in [0.25, 0.3) is 5.91 Å². The number of aliphatic hydroxyl groups is 1. The number of amides is 3. The molecule has 5 atom stereocenters. The van der Waals surface area contributed by atoms with Crippen molar-refractivity contribution < 1.29 is 33.7 Å². The van der Waals surface area contributed by atoms with Gasteiger partial charge in [-0.25, -0.2) is 9.69 Å². The monoisotopic (exact) mass is 667 g/mol. The number of carbonyl (C=O) groups excluding carboxylic acids is 3. The molecule has 6 rings (SSSR count). The van der Waals surface area contributed by atoms with Gasteiger partial charge in [-0.05, 0) is 41.7 Å². The van der Waals surface area contributed by atoms with Crippen LogP contribution in [0, 0.1) is 5.92 Å². The molecule has 49 heavy (non-hydrogen) atoms. The van der Waals surface area contributed by atoms with Gasteiger partial charge in [0.1, 0.15) is 12.6 Å². The van der Waals surface area contributed by atoms with Crippen LogP contribution in [-0.2, 0) is 37.0 Å². The number of rotatable bonds is 12. The number of hydrogen-bond donors (Lipinski definition) is 2. The van der Waals surface area contributed by atoms with Gasteiger partial charge in [0, 0.05) is 30.6 Å². The van der Waals surface area contributed by atoms with Gasteiger partial charge >= 0.3 is 6.09 Å². The summed E-state index contributed by atoms with van der Waals surface area (Å²) >= 11 is 0. The molecule has 0 spiro atoms. The van der Waals surface area contributed by atoms with E-state index >= 15 is 0 Å². The minimum atomic E-state index is -1.01. The standard InChI is InChI=1S/C39H45N3O7/c1-3-21-41(31-11-7-8-12-31)23-34-26(2)36(29-15-13-27(24-43)14-16-29)49-38(48-34)30-17-19-32(20-18-30)42-35(44)22-33(37(42)45)40-39(46)47-25-28-9-5-4-6-10-28/h3-6,9-10,13-20,26,31,33-34,36,38,43H,1,7-8,11-12,21-25H2,2H3,(H,40,46)/t26-,33?,34+,36+,38+/m0/s1. The highest BCUT2D eigenvalue weighted by Gasteiger charge is 2.42. The molecule has 3 aliphatic rings. The lowest BCUT2D eigenvalue weighted by atomic mass is 9.89. The molecule has 2 N–H and O–H groups in total. The lowest BCUT2D eigenvalue weighted by molar-refractivity contribution is -0.276. The summed E-state index contributed by atoms with van der Waals surface area (Å²) in [4.78, 5) is 42.2. The van der Waals surface area contributed by atoms with Crippen LogP contribution in [0.25, 0.3) is 0 Å². The summed E-state index contributed by atoms with van der Waals surface area (Å²) in [5.74, 6) is -0.896. The van der Waals surface area contributed by atoms with Gasteiger partial charge < -0.3 is 24.6 Å². The van der Waals surface area contributed by atoms with Crippen LogP contribution in [0.3, 0.4) is 0 Å². The number of nitrogens with zero attached hydrogens (tertiary/aromatic N) is 2. The van der Waals surface area contributed by atoms with Crippen molar-refractivity contribution in [3.63, 3.8) is 0 Å². The van der Waals surface area contributed by atoms with Gasteiger partial charge in [0.15, 0.2) is 6.29 Å². The van der Waals surface area contributed by atoms with Gasteiger partial charge in [-0.15, -0.1) is 6.58 Å². The van der Waals surface area contributed by atoms with Gasteiger partial charge in [-0.3, -0.25) is 14.5 Å². The molecule has 2 aliphatic heterocycles. The maximum atomic E-state index is 13.3. The molecular weight excluding hydrogens is 622 g/mol. The Bertz CT molecular complexity index is 1590. The van der Waals surface area contributed by atoms with E-state index in [1.165, 1.54) is 25.7 Å². The number of carbonyl (C=O) groups is 3.